The first-order chi connectivity index (χ1) is 15.5. The van der Waals surface area contributed by atoms with E-state index >= 15 is 0 Å². The van der Waals surface area contributed by atoms with Crippen molar-refractivity contribution < 1.29 is 18.4 Å². The summed E-state index contributed by atoms with van der Waals surface area (Å²) in [5.74, 6) is -3.00. The van der Waals surface area contributed by atoms with Crippen LogP contribution in [0.3, 0.4) is 0 Å². The van der Waals surface area contributed by atoms with Crippen molar-refractivity contribution >= 4 is 45.4 Å². The summed E-state index contributed by atoms with van der Waals surface area (Å²) in [6.45, 7) is 5.98. The first-order valence-electron chi connectivity index (χ1n) is 10.1. The molecule has 0 aliphatic carbocycles. The van der Waals surface area contributed by atoms with Crippen molar-refractivity contribution in [2.75, 3.05) is 29.5 Å². The van der Waals surface area contributed by atoms with Crippen molar-refractivity contribution in [1.82, 2.24) is 10.3 Å². The van der Waals surface area contributed by atoms with Crippen LogP contribution in [-0.2, 0) is 4.79 Å². The van der Waals surface area contributed by atoms with Crippen LogP contribution in [0.15, 0.2) is 42.5 Å². The Labute approximate surface area is 194 Å². The van der Waals surface area contributed by atoms with E-state index in [9.17, 15) is 18.4 Å². The van der Waals surface area contributed by atoms with Crippen LogP contribution in [0, 0.1) is 11.6 Å². The molecule has 2 aromatic carbocycles. The van der Waals surface area contributed by atoms with Gasteiger partial charge in [0.1, 0.15) is 22.3 Å². The Kier molecular flexibility index (Phi) is 7.09. The lowest BCUT2D eigenvalue weighted by atomic mass is 10.0. The Balaban J connectivity index is 1.80. The number of nitrogens with one attached hydrogen (secondary N) is 2. The fourth-order valence-electron chi connectivity index (χ4n) is 3.08. The largest absolute Gasteiger partial charge is 0.382 e. The maximum Gasteiger partial charge on any atom is 0.223 e. The number of nitrogen functional groups attached to an aromatic ring is 1. The fourth-order valence-corrected chi connectivity index (χ4v) is 3.93. The van der Waals surface area contributed by atoms with Gasteiger partial charge >= 0.3 is 0 Å². The smallest absolute Gasteiger partial charge is 0.223 e. The van der Waals surface area contributed by atoms with Gasteiger partial charge in [-0.1, -0.05) is 17.4 Å². The monoisotopic (exact) mass is 473 g/mol. The molecule has 33 heavy (non-hydrogen) atoms. The van der Waals surface area contributed by atoms with Crippen LogP contribution in [-0.4, -0.2) is 35.8 Å². The maximum atomic E-state index is 14.0. The van der Waals surface area contributed by atoms with Gasteiger partial charge in [-0.25, -0.2) is 13.8 Å². The molecule has 0 atom stereocenters. The van der Waals surface area contributed by atoms with Gasteiger partial charge in [-0.3, -0.25) is 9.59 Å². The number of benzene rings is 2. The lowest BCUT2D eigenvalue weighted by molar-refractivity contribution is -0.116. The third-order valence-corrected chi connectivity index (χ3v) is 6.08. The molecule has 0 saturated carbocycles. The summed E-state index contributed by atoms with van der Waals surface area (Å²) in [5.41, 5.74) is 6.26. The third-order valence-electron chi connectivity index (χ3n) is 5.09. The number of ketones is 1. The number of halogens is 2. The van der Waals surface area contributed by atoms with Crippen LogP contribution in [0.5, 0.6) is 0 Å². The average Bonchev–Trinajstić information content (AvgIpc) is 3.12. The van der Waals surface area contributed by atoms with E-state index in [2.05, 4.69) is 15.6 Å². The molecule has 0 unspecified atom stereocenters. The lowest BCUT2D eigenvalue weighted by Crippen LogP contribution is -2.49. The molecule has 4 N–H and O–H groups in total. The highest BCUT2D eigenvalue weighted by atomic mass is 32.1. The van der Waals surface area contributed by atoms with Crippen molar-refractivity contribution in [2.24, 2.45) is 0 Å². The molecular formula is C23H25F2N5O2S. The molecule has 174 valence electrons. The molecule has 10 heteroatoms. The van der Waals surface area contributed by atoms with Gasteiger partial charge in [-0.05, 0) is 57.3 Å². The van der Waals surface area contributed by atoms with E-state index in [1.165, 1.54) is 13.0 Å². The minimum Gasteiger partial charge on any atom is -0.382 e. The molecule has 7 nitrogen and oxygen atoms in total. The first kappa shape index (κ1) is 24.3. The second-order valence-corrected chi connectivity index (χ2v) is 9.07. The minimum absolute atomic E-state index is 0.0600. The van der Waals surface area contributed by atoms with Crippen LogP contribution >= 0.6 is 11.3 Å². The molecule has 3 aromatic rings. The molecule has 0 aliphatic rings. The molecule has 0 radical (unpaired) electrons. The summed E-state index contributed by atoms with van der Waals surface area (Å²) in [7, 11) is 1.84. The summed E-state index contributed by atoms with van der Waals surface area (Å²) in [6.07, 6.45) is 0. The summed E-state index contributed by atoms with van der Waals surface area (Å²) in [4.78, 5) is 30.5. The highest BCUT2D eigenvalue weighted by Crippen LogP contribution is 2.31. The van der Waals surface area contributed by atoms with Crippen LogP contribution < -0.4 is 21.3 Å². The Bertz CT molecular complexity index is 1160. The zero-order valence-corrected chi connectivity index (χ0v) is 19.5. The third kappa shape index (κ3) is 5.52. The van der Waals surface area contributed by atoms with Crippen molar-refractivity contribution in [3.8, 4) is 0 Å². The number of likely N-dealkylation sites (N-methyl/N-ethyl adjacent to an activating group) is 1. The normalized spacial score (nSPS) is 11.3. The van der Waals surface area contributed by atoms with Crippen LogP contribution in [0.25, 0.3) is 0 Å². The number of thiazole rings is 1. The lowest BCUT2D eigenvalue weighted by Gasteiger charge is -2.32. The van der Waals surface area contributed by atoms with E-state index < -0.39 is 23.0 Å². The van der Waals surface area contributed by atoms with Gasteiger partial charge in [0, 0.05) is 30.4 Å². The number of rotatable bonds is 8. The molecule has 1 amide bonds. The number of carbonyl (C=O) groups excluding carboxylic acids is 2. The summed E-state index contributed by atoms with van der Waals surface area (Å²) in [6, 6.07) is 10.3. The van der Waals surface area contributed by atoms with Crippen molar-refractivity contribution in [1.29, 1.82) is 0 Å². The second-order valence-electron chi connectivity index (χ2n) is 8.07. The molecule has 0 saturated heterocycles. The SMILES string of the molecule is CNC(C)(C)CN(C(C)=O)c1ccc(Nc2nc(N)c(C(=O)c3c(F)cccc3F)s2)cc1. The number of nitrogens with two attached hydrogens (primary N) is 1. The van der Waals surface area contributed by atoms with Crippen molar-refractivity contribution in [3.05, 3.63) is 64.5 Å². The highest BCUT2D eigenvalue weighted by Gasteiger charge is 2.25. The Morgan fingerprint density at radius 1 is 1.12 bits per heavy atom. The molecular weight excluding hydrogens is 448 g/mol. The van der Waals surface area contributed by atoms with E-state index in [4.69, 9.17) is 5.73 Å². The van der Waals surface area contributed by atoms with Crippen molar-refractivity contribution in [2.45, 2.75) is 26.3 Å². The van der Waals surface area contributed by atoms with E-state index in [0.29, 0.717) is 17.4 Å². The number of anilines is 4. The summed E-state index contributed by atoms with van der Waals surface area (Å²) < 4.78 is 28.0. The molecule has 0 fully saturated rings. The molecule has 3 rings (SSSR count). The molecule has 0 bridgehead atoms. The summed E-state index contributed by atoms with van der Waals surface area (Å²) in [5, 5.41) is 6.50. The Morgan fingerprint density at radius 2 is 1.73 bits per heavy atom. The summed E-state index contributed by atoms with van der Waals surface area (Å²) >= 11 is 0.898. The average molecular weight is 474 g/mol. The van der Waals surface area contributed by atoms with Gasteiger partial charge < -0.3 is 21.3 Å². The molecule has 0 spiro atoms. The van der Waals surface area contributed by atoms with E-state index in [1.807, 2.05) is 20.9 Å². The predicted octanol–water partition coefficient (Wildman–Crippen LogP) is 4.33. The van der Waals surface area contributed by atoms with Crippen LogP contribution in [0.4, 0.5) is 31.1 Å². The number of hydrogen-bond donors (Lipinski definition) is 3. The van der Waals surface area contributed by atoms with Gasteiger partial charge in [0.05, 0.1) is 5.56 Å². The van der Waals surface area contributed by atoms with Gasteiger partial charge in [0.15, 0.2) is 5.13 Å². The van der Waals surface area contributed by atoms with Crippen molar-refractivity contribution in [3.63, 3.8) is 0 Å². The highest BCUT2D eigenvalue weighted by molar-refractivity contribution is 7.18. The second kappa shape index (κ2) is 9.63. The Morgan fingerprint density at radius 3 is 2.27 bits per heavy atom. The first-order valence-corrected chi connectivity index (χ1v) is 10.9. The van der Waals surface area contributed by atoms with E-state index in [-0.39, 0.29) is 22.1 Å². The van der Waals surface area contributed by atoms with Crippen LogP contribution in [0.1, 0.15) is 36.0 Å². The number of nitrogens with zero attached hydrogens (tertiary/aromatic N) is 2. The zero-order chi connectivity index (χ0) is 24.3. The molecule has 0 aliphatic heterocycles. The predicted molar refractivity (Wildman–Crippen MR) is 127 cm³/mol. The number of hydrogen-bond acceptors (Lipinski definition) is 7. The topological polar surface area (TPSA) is 100 Å². The minimum atomic E-state index is -0.964. The number of aromatic nitrogens is 1. The van der Waals surface area contributed by atoms with Gasteiger partial charge in [-0.2, -0.15) is 0 Å². The van der Waals surface area contributed by atoms with E-state index in [1.54, 1.807) is 29.2 Å². The van der Waals surface area contributed by atoms with Crippen LogP contribution in [0.2, 0.25) is 0 Å². The fraction of sp³-hybridized carbons (Fsp3) is 0.261. The van der Waals surface area contributed by atoms with E-state index in [0.717, 1.165) is 29.2 Å². The van der Waals surface area contributed by atoms with Gasteiger partial charge in [0.2, 0.25) is 11.7 Å². The van der Waals surface area contributed by atoms with Gasteiger partial charge in [-0.15, -0.1) is 0 Å². The number of carbonyl (C=O) groups is 2. The maximum absolute atomic E-state index is 14.0. The van der Waals surface area contributed by atoms with Gasteiger partial charge in [0.25, 0.3) is 0 Å². The Hall–Kier alpha value is -3.37. The number of amides is 1. The molecule has 1 heterocycles. The molecule has 1 aromatic heterocycles. The standard InChI is InChI=1S/C23H25F2N5O2S/c1-13(31)30(12-23(2,3)27-4)15-10-8-14(9-11-15)28-22-29-21(26)20(33-22)19(32)18-16(24)6-5-7-17(18)25/h5-11,27H,12,26H2,1-4H3,(H,28,29). The quantitative estimate of drug-likeness (QED) is 0.421. The zero-order valence-electron chi connectivity index (χ0n) is 18.7.